The van der Waals surface area contributed by atoms with E-state index in [9.17, 15) is 9.59 Å². The third kappa shape index (κ3) is 32.4. The van der Waals surface area contributed by atoms with Gasteiger partial charge in [0.15, 0.2) is 0 Å². The SMILES string of the molecule is C.C#Cc1ccc2c(ccc3[nH]c([C@@H]4C[C@H](C)CN4C(=O)OC(C)(C)C)nc32)c1.CO.C[C@H]1C[C@@H](c2nc3c(ccc4cc(C#C[Si](C)(C)C)ccc43)[nH]2)N(C(=O)OC(C)(C)C)C1.O=CO[O-].[Cl][Pd][Cl].[H-].[K+].[K+].[c-]1ccccc1.[c-]1ccccc1.c1ccc(-c2ccccc2)cc1.c1ccc(-c2ccccc2)cc1. The average molecular weight is 1650 g/mol. The van der Waals surface area contributed by atoms with Crippen LogP contribution in [0.15, 0.2) is 243 Å². The monoisotopic (exact) mass is 1650 g/mol. The molecule has 560 valence electrons. The van der Waals surface area contributed by atoms with Gasteiger partial charge in [-0.3, -0.25) is 14.6 Å². The molecule has 2 aromatic heterocycles. The van der Waals surface area contributed by atoms with Crippen LogP contribution in [0.1, 0.15) is 112 Å². The fourth-order valence-electron chi connectivity index (χ4n) is 11.2. The molecule has 0 spiro atoms. The largest absolute Gasteiger partial charge is 1.00 e. The van der Waals surface area contributed by atoms with Gasteiger partial charge in [-0.2, -0.15) is 72.8 Å². The molecule has 108 heavy (non-hydrogen) atoms. The number of benzene rings is 10. The van der Waals surface area contributed by atoms with Gasteiger partial charge in [-0.15, -0.1) is 12.0 Å². The molecule has 12 aromatic rings. The van der Waals surface area contributed by atoms with Gasteiger partial charge in [0.25, 0.3) is 6.47 Å². The number of terminal acetylenes is 1. The Kier molecular flexibility index (Phi) is 44.0. The van der Waals surface area contributed by atoms with Crippen LogP contribution in [0.3, 0.4) is 0 Å². The molecule has 2 saturated heterocycles. The van der Waals surface area contributed by atoms with Gasteiger partial charge in [-0.1, -0.05) is 198 Å². The van der Waals surface area contributed by atoms with E-state index in [0.717, 1.165) is 86.3 Å². The number of nitrogens with one attached hydrogen (secondary N) is 2. The zero-order valence-corrected chi connectivity index (χ0v) is 73.9. The number of fused-ring (bicyclic) bond motifs is 6. The Bertz CT molecular complexity index is 4460. The maximum Gasteiger partial charge on any atom is 1.00 e. The van der Waals surface area contributed by atoms with Gasteiger partial charge in [0.1, 0.15) is 30.9 Å². The first-order valence-electron chi connectivity index (χ1n) is 34.3. The summed E-state index contributed by atoms with van der Waals surface area (Å²) in [6, 6.07) is 86.9. The second-order valence-corrected chi connectivity index (χ2v) is 34.6. The number of aromatic amines is 2. The van der Waals surface area contributed by atoms with Gasteiger partial charge in [0.05, 0.1) is 34.2 Å². The summed E-state index contributed by atoms with van der Waals surface area (Å²) in [5, 5.41) is 19.8. The van der Waals surface area contributed by atoms with Crippen molar-refractivity contribution in [3.63, 3.8) is 0 Å². The van der Waals surface area contributed by atoms with Crippen LogP contribution in [0.4, 0.5) is 9.59 Å². The second-order valence-electron chi connectivity index (χ2n) is 27.5. The minimum atomic E-state index is -1.42. The number of carbonyl (C=O) groups is 3. The molecule has 10 aromatic carbocycles. The summed E-state index contributed by atoms with van der Waals surface area (Å²) >= 11 is -0.106. The van der Waals surface area contributed by atoms with Crippen molar-refractivity contribution in [1.29, 1.82) is 0 Å². The molecule has 0 saturated carbocycles. The van der Waals surface area contributed by atoms with Gasteiger partial charge in [-0.05, 0) is 136 Å². The maximum absolute atomic E-state index is 12.8. The van der Waals surface area contributed by atoms with Gasteiger partial charge >= 0.3 is 150 Å². The van der Waals surface area contributed by atoms with Crippen LogP contribution in [0.25, 0.3) is 65.9 Å². The molecule has 20 heteroatoms. The first-order chi connectivity index (χ1) is 50.4. The van der Waals surface area contributed by atoms with Crippen LogP contribution >= 0.6 is 19.1 Å². The standard InChI is InChI=1S/C26H33N3O2Si.C23H25N3O2.2C12H10.2C6H5.CH2O3.CH4O.CH4.2ClH.2K.Pd.H/c1-17-14-22(29(16-17)25(30)31-26(2,3)4)24-27-21-11-9-19-15-18(12-13-32(5,6)7)8-10-20(19)23(21)28-24;1-6-15-7-9-17-16(12-15)8-10-18-20(17)25-21(24-18)19-11-14(2)13-26(19)22(27)28-23(3,4)5;2*1-3-7-11(8-4-1)12-9-5-2-6-10-12;2*1-2-4-6-5-3-1;2-1-4-3;1-2;;;;;;;/h8-11,15,17,22H,14,16H2,1-7H3,(H,27,28);1,7-10,12,14,19H,11,13H2,2-5H3,(H,24,25);2*1-10H;2*1-5H;1,3H;2H,1H3;1H4;2*1H;;;;/q;;;;2*-1;;;;;;2*+1;+2;-1/p-3/t17-,22-;14-,19-;;;;;;;;;;;;;/m00............./s1. The van der Waals surface area contributed by atoms with Crippen LogP contribution in [-0.2, 0) is 35.1 Å². The molecule has 2 aliphatic heterocycles. The zero-order valence-electron chi connectivity index (χ0n) is 64.6. The quantitative estimate of drug-likeness (QED) is 0.0374. The van der Waals surface area contributed by atoms with Crippen LogP contribution in [0.5, 0.6) is 0 Å². The number of amides is 2. The number of H-pyrrole nitrogens is 2. The van der Waals surface area contributed by atoms with E-state index in [-0.39, 0.29) is 158 Å². The smallest absolute Gasteiger partial charge is 1.00 e. The van der Waals surface area contributed by atoms with Gasteiger partial charge < -0.3 is 36.1 Å². The fraction of sp³-hybridized carbons (Fsp3) is 0.261. The van der Waals surface area contributed by atoms with Crippen molar-refractivity contribution in [3.05, 3.63) is 278 Å². The molecule has 2 amide bonds. The van der Waals surface area contributed by atoms with Crippen molar-refractivity contribution in [2.24, 2.45) is 11.8 Å². The number of carbonyl (C=O) groups excluding carboxylic acids is 3. The summed E-state index contributed by atoms with van der Waals surface area (Å²) in [5.74, 6) is 8.43. The minimum Gasteiger partial charge on any atom is -1.00 e. The third-order valence-electron chi connectivity index (χ3n) is 15.6. The number of halogens is 2. The molecule has 14 rings (SSSR count). The molecule has 0 bridgehead atoms. The summed E-state index contributed by atoms with van der Waals surface area (Å²) in [6.07, 6.45) is 6.69. The Labute approximate surface area is 743 Å². The van der Waals surface area contributed by atoms with E-state index < -0.39 is 19.3 Å². The van der Waals surface area contributed by atoms with E-state index in [4.69, 9.17) is 60.1 Å². The van der Waals surface area contributed by atoms with E-state index >= 15 is 0 Å². The topological polar surface area (TPSA) is 186 Å². The molecule has 4 heterocycles. The second kappa shape index (κ2) is 49.6. The summed E-state index contributed by atoms with van der Waals surface area (Å²) in [7, 11) is 9.21. The van der Waals surface area contributed by atoms with Crippen molar-refractivity contribution >= 4 is 89.4 Å². The van der Waals surface area contributed by atoms with E-state index in [0.29, 0.717) is 24.9 Å². The molecule has 3 N–H and O–H groups in total. The Morgan fingerprint density at radius 2 is 0.889 bits per heavy atom. The van der Waals surface area contributed by atoms with Crippen LogP contribution in [-0.4, -0.2) is 93.0 Å². The Morgan fingerprint density at radius 1 is 0.574 bits per heavy atom. The van der Waals surface area contributed by atoms with Gasteiger partial charge in [0.2, 0.25) is 0 Å². The first kappa shape index (κ1) is 95.6. The predicted molar refractivity (Wildman–Crippen MR) is 433 cm³/mol. The number of nitrogens with zero attached hydrogens (tertiary/aromatic N) is 4. The van der Waals surface area contributed by atoms with E-state index in [1.165, 1.54) is 22.3 Å². The van der Waals surface area contributed by atoms with Crippen LogP contribution < -0.4 is 108 Å². The Hall–Kier alpha value is -6.56. The molecule has 0 unspecified atom stereocenters. The summed E-state index contributed by atoms with van der Waals surface area (Å²) in [5.41, 5.74) is 13.2. The van der Waals surface area contributed by atoms with Crippen molar-refractivity contribution in [1.82, 2.24) is 29.7 Å². The fourth-order valence-corrected chi connectivity index (χ4v) is 11.8. The number of hydrogen-bond donors (Lipinski definition) is 3. The molecule has 2 fully saturated rings. The van der Waals surface area contributed by atoms with Gasteiger partial charge in [-0.25, -0.2) is 19.6 Å². The average Bonchev–Trinajstić information content (AvgIpc) is 1.63. The summed E-state index contributed by atoms with van der Waals surface area (Å²) in [6.45, 7) is 23.6. The molecule has 0 radical (unpaired) electrons. The van der Waals surface area contributed by atoms with E-state index in [1.807, 2.05) is 162 Å². The Balaban J connectivity index is 0.000000469. The Morgan fingerprint density at radius 3 is 1.17 bits per heavy atom. The summed E-state index contributed by atoms with van der Waals surface area (Å²) in [4.78, 5) is 57.2. The van der Waals surface area contributed by atoms with Crippen LogP contribution in [0, 0.1) is 47.8 Å². The van der Waals surface area contributed by atoms with Crippen LogP contribution in [0.2, 0.25) is 19.6 Å². The zero-order chi connectivity index (χ0) is 76.4. The maximum atomic E-state index is 12.8. The predicted octanol–water partition coefficient (Wildman–Crippen LogP) is 15.1. The van der Waals surface area contributed by atoms with E-state index in [2.05, 4.69) is 205 Å². The number of imidazole rings is 2. The first-order valence-corrected chi connectivity index (χ1v) is 41.8. The number of aliphatic hydroxyl groups is 1. The molecule has 4 atom stereocenters. The molecule has 14 nitrogen and oxygen atoms in total. The molecular formula is C88H98Cl2K2N6O8PdSi-2. The number of rotatable bonds is 5. The normalized spacial score (nSPS) is 14.4. The molecule has 2 aliphatic rings. The molecule has 0 aliphatic carbocycles. The number of hydrogen-bond acceptors (Lipinski definition) is 10. The number of aromatic nitrogens is 4. The van der Waals surface area contributed by atoms with Crippen molar-refractivity contribution in [2.75, 3.05) is 20.2 Å². The van der Waals surface area contributed by atoms with Crippen molar-refractivity contribution < 1.29 is 159 Å². The number of ether oxygens (including phenoxy) is 2. The van der Waals surface area contributed by atoms with Crippen molar-refractivity contribution in [2.45, 2.75) is 119 Å². The summed E-state index contributed by atoms with van der Waals surface area (Å²) < 4.78 is 11.3. The minimum absolute atomic E-state index is 0. The third-order valence-corrected chi connectivity index (χ3v) is 16.5. The van der Waals surface area contributed by atoms with Crippen molar-refractivity contribution in [3.8, 4) is 46.1 Å². The number of likely N-dealkylation sites (tertiary alicyclic amines) is 2. The van der Waals surface area contributed by atoms with E-state index in [1.54, 1.807) is 4.90 Å². The number of aliphatic hydroxyl groups excluding tert-OH is 1. The van der Waals surface area contributed by atoms with Gasteiger partial charge in [0, 0.05) is 42.1 Å². The molecular weight excluding hydrogens is 1550 g/mol.